The predicted molar refractivity (Wildman–Crippen MR) is 120 cm³/mol. The molecular formula is C22H24N4OS2. The Bertz CT molecular complexity index is 1050. The maximum atomic E-state index is 8.90. The van der Waals surface area contributed by atoms with Crippen molar-refractivity contribution >= 4 is 24.0 Å². The van der Waals surface area contributed by atoms with Crippen molar-refractivity contribution in [3.05, 3.63) is 70.3 Å². The van der Waals surface area contributed by atoms with Crippen LogP contribution in [0.25, 0.3) is 5.69 Å². The third-order valence-electron chi connectivity index (χ3n) is 4.55. The lowest BCUT2D eigenvalue weighted by Crippen LogP contribution is -2.03. The van der Waals surface area contributed by atoms with Gasteiger partial charge < -0.3 is 4.74 Å². The molecule has 0 saturated carbocycles. The van der Waals surface area contributed by atoms with Crippen molar-refractivity contribution in [2.24, 2.45) is 0 Å². The highest BCUT2D eigenvalue weighted by Crippen LogP contribution is 2.22. The number of hydrogen-bond donors (Lipinski definition) is 0. The minimum absolute atomic E-state index is 0.394. The molecule has 1 heterocycles. The number of ether oxygens (including phenoxy) is 1. The number of benzene rings is 2. The molecular weight excluding hydrogens is 400 g/mol. The lowest BCUT2D eigenvalue weighted by Gasteiger charge is -2.08. The molecule has 0 unspecified atom stereocenters. The number of rotatable bonds is 9. The quantitative estimate of drug-likeness (QED) is 0.353. The number of methoxy groups -OCH3 is 1. The van der Waals surface area contributed by atoms with Crippen LogP contribution in [0.15, 0.2) is 48.5 Å². The van der Waals surface area contributed by atoms with Gasteiger partial charge in [0.1, 0.15) is 11.6 Å². The molecule has 29 heavy (non-hydrogen) atoms. The number of aryl methyl sites for hydroxylation is 3. The Kier molecular flexibility index (Phi) is 7.50. The van der Waals surface area contributed by atoms with Gasteiger partial charge in [0.05, 0.1) is 26.1 Å². The largest absolute Gasteiger partial charge is 0.496 e. The molecule has 5 nitrogen and oxygen atoms in total. The Hall–Kier alpha value is -2.56. The van der Waals surface area contributed by atoms with Crippen molar-refractivity contribution in [2.75, 3.05) is 12.9 Å². The van der Waals surface area contributed by atoms with Crippen molar-refractivity contribution in [2.45, 2.75) is 32.1 Å². The first-order valence-corrected chi connectivity index (χ1v) is 11.0. The number of hydrogen-bond acceptors (Lipinski definition) is 5. The minimum atomic E-state index is 0.394. The highest BCUT2D eigenvalue weighted by atomic mass is 32.2. The Balaban J connectivity index is 1.70. The molecule has 1 aromatic heterocycles. The van der Waals surface area contributed by atoms with E-state index in [0.717, 1.165) is 40.8 Å². The number of aromatic nitrogens is 3. The summed E-state index contributed by atoms with van der Waals surface area (Å²) < 4.78 is 9.75. The number of thioether (sulfide) groups is 1. The summed E-state index contributed by atoms with van der Waals surface area (Å²) in [6.07, 6.45) is 1.20. The Morgan fingerprint density at radius 1 is 1.21 bits per heavy atom. The highest BCUT2D eigenvalue weighted by Gasteiger charge is 2.12. The average molecular weight is 425 g/mol. The average Bonchev–Trinajstić information content (AvgIpc) is 3.05. The fourth-order valence-electron chi connectivity index (χ4n) is 3.14. The smallest absolute Gasteiger partial charge is 0.202 e. The van der Waals surface area contributed by atoms with Gasteiger partial charge in [-0.25, -0.2) is 4.68 Å². The Labute approximate surface area is 180 Å². The molecule has 0 bridgehead atoms. The van der Waals surface area contributed by atoms with E-state index in [1.165, 1.54) is 5.56 Å². The molecule has 150 valence electrons. The van der Waals surface area contributed by atoms with Crippen molar-refractivity contribution in [1.29, 1.82) is 5.26 Å². The monoisotopic (exact) mass is 424 g/mol. The molecule has 3 rings (SSSR count). The van der Waals surface area contributed by atoms with Crippen LogP contribution in [0.2, 0.25) is 0 Å². The summed E-state index contributed by atoms with van der Waals surface area (Å²) in [6, 6.07) is 18.5. The van der Waals surface area contributed by atoms with Gasteiger partial charge in [-0.3, -0.25) is 4.57 Å². The molecule has 0 aliphatic heterocycles. The summed E-state index contributed by atoms with van der Waals surface area (Å²) in [5, 5.41) is 13.6. The molecule has 0 atom stereocenters. The lowest BCUT2D eigenvalue weighted by molar-refractivity contribution is 0.411. The third kappa shape index (κ3) is 5.28. The van der Waals surface area contributed by atoms with E-state index in [1.807, 2.05) is 52.7 Å². The van der Waals surface area contributed by atoms with Gasteiger partial charge in [-0.05, 0) is 48.5 Å². The van der Waals surface area contributed by atoms with Gasteiger partial charge >= 0.3 is 0 Å². The minimum Gasteiger partial charge on any atom is -0.496 e. The number of para-hydroxylation sites is 1. The fourth-order valence-corrected chi connectivity index (χ4v) is 4.37. The molecule has 0 N–H and O–H groups in total. The van der Waals surface area contributed by atoms with Crippen LogP contribution < -0.4 is 4.74 Å². The topological polar surface area (TPSA) is 55.8 Å². The zero-order chi connectivity index (χ0) is 20.6. The van der Waals surface area contributed by atoms with Gasteiger partial charge in [-0.2, -0.15) is 22.1 Å². The first-order chi connectivity index (χ1) is 14.1. The van der Waals surface area contributed by atoms with E-state index in [2.05, 4.69) is 25.1 Å². The first kappa shape index (κ1) is 21.2. The van der Waals surface area contributed by atoms with E-state index >= 15 is 0 Å². The first-order valence-electron chi connectivity index (χ1n) is 9.46. The summed E-state index contributed by atoms with van der Waals surface area (Å²) in [4.78, 5) is 0. The number of nitriles is 1. The van der Waals surface area contributed by atoms with Crippen LogP contribution in [0.3, 0.4) is 0 Å². The summed E-state index contributed by atoms with van der Waals surface area (Å²) in [7, 11) is 1.70. The Morgan fingerprint density at radius 2 is 2.00 bits per heavy atom. The van der Waals surface area contributed by atoms with Crippen LogP contribution in [-0.2, 0) is 18.7 Å². The normalized spacial score (nSPS) is 10.7. The molecule has 0 aliphatic carbocycles. The number of nitrogens with zero attached hydrogens (tertiary/aromatic N) is 4. The van der Waals surface area contributed by atoms with Crippen LogP contribution in [0.5, 0.6) is 5.75 Å². The van der Waals surface area contributed by atoms with Crippen molar-refractivity contribution in [1.82, 2.24) is 14.3 Å². The standard InChI is InChI=1S/C22H24N4OS2/c1-17-15-18(9-10-20(17)27-2)16-29-14-11-21-24-25(13-6-12-23)22(28)26(21)19-7-4-3-5-8-19/h3-5,7-10,15H,6,11,13-14,16H2,1-2H3. The van der Waals surface area contributed by atoms with Crippen LogP contribution >= 0.6 is 24.0 Å². The van der Waals surface area contributed by atoms with Crippen molar-refractivity contribution < 1.29 is 4.74 Å². The fraction of sp³-hybridized carbons (Fsp3) is 0.318. The summed E-state index contributed by atoms with van der Waals surface area (Å²) in [5.74, 6) is 3.72. The summed E-state index contributed by atoms with van der Waals surface area (Å²) in [6.45, 7) is 2.58. The van der Waals surface area contributed by atoms with E-state index in [-0.39, 0.29) is 0 Å². The summed E-state index contributed by atoms with van der Waals surface area (Å²) in [5.41, 5.74) is 3.44. The van der Waals surface area contributed by atoms with E-state index in [9.17, 15) is 0 Å². The van der Waals surface area contributed by atoms with Gasteiger partial charge in [0.15, 0.2) is 0 Å². The summed E-state index contributed by atoms with van der Waals surface area (Å²) >= 11 is 7.51. The van der Waals surface area contributed by atoms with Crippen LogP contribution in [0, 0.1) is 23.0 Å². The van der Waals surface area contributed by atoms with Gasteiger partial charge in [-0.1, -0.05) is 30.3 Å². The molecule has 0 saturated heterocycles. The van der Waals surface area contributed by atoms with E-state index < -0.39 is 0 Å². The second-order valence-corrected chi connectivity index (χ2v) is 8.08. The van der Waals surface area contributed by atoms with Gasteiger partial charge in [-0.15, -0.1) is 0 Å². The lowest BCUT2D eigenvalue weighted by atomic mass is 10.1. The zero-order valence-corrected chi connectivity index (χ0v) is 18.3. The molecule has 2 aromatic carbocycles. The molecule has 0 amide bonds. The maximum Gasteiger partial charge on any atom is 0.202 e. The molecule has 3 aromatic rings. The molecule has 0 radical (unpaired) electrons. The Morgan fingerprint density at radius 3 is 2.69 bits per heavy atom. The molecule has 7 heteroatoms. The van der Waals surface area contributed by atoms with Gasteiger partial charge in [0.2, 0.25) is 4.77 Å². The molecule has 0 fully saturated rings. The predicted octanol–water partition coefficient (Wildman–Crippen LogP) is 5.11. The van der Waals surface area contributed by atoms with Gasteiger partial charge in [0.25, 0.3) is 0 Å². The van der Waals surface area contributed by atoms with E-state index in [4.69, 9.17) is 27.3 Å². The SMILES string of the molecule is COc1ccc(CSCCc2nn(CCC#N)c(=S)n2-c2ccccc2)cc1C. The van der Waals surface area contributed by atoms with Gasteiger partial charge in [0, 0.05) is 23.6 Å². The van der Waals surface area contributed by atoms with Crippen LogP contribution in [0.1, 0.15) is 23.4 Å². The molecule has 0 aliphatic rings. The third-order valence-corrected chi connectivity index (χ3v) is 5.98. The van der Waals surface area contributed by atoms with Crippen LogP contribution in [-0.4, -0.2) is 27.2 Å². The van der Waals surface area contributed by atoms with Crippen molar-refractivity contribution in [3.8, 4) is 17.5 Å². The van der Waals surface area contributed by atoms with Crippen molar-refractivity contribution in [3.63, 3.8) is 0 Å². The maximum absolute atomic E-state index is 8.90. The highest BCUT2D eigenvalue weighted by molar-refractivity contribution is 7.98. The second kappa shape index (κ2) is 10.3. The second-order valence-electron chi connectivity index (χ2n) is 6.61. The van der Waals surface area contributed by atoms with Crippen LogP contribution in [0.4, 0.5) is 0 Å². The zero-order valence-electron chi connectivity index (χ0n) is 16.7. The molecule has 0 spiro atoms. The van der Waals surface area contributed by atoms with E-state index in [0.29, 0.717) is 17.7 Å². The van der Waals surface area contributed by atoms with E-state index in [1.54, 1.807) is 11.8 Å².